The van der Waals surface area contributed by atoms with Crippen LogP contribution in [-0.2, 0) is 5.41 Å². The van der Waals surface area contributed by atoms with Gasteiger partial charge in [0.05, 0.1) is 5.41 Å². The van der Waals surface area contributed by atoms with Crippen LogP contribution in [0.4, 0.5) is 17.1 Å². The quantitative estimate of drug-likeness (QED) is 0.189. The third-order valence-corrected chi connectivity index (χ3v) is 11.1. The molecular formula is C49H31NO. The molecule has 0 aliphatic heterocycles. The Morgan fingerprint density at radius 2 is 0.863 bits per heavy atom. The van der Waals surface area contributed by atoms with Gasteiger partial charge in [0, 0.05) is 33.9 Å². The average Bonchev–Trinajstić information content (AvgIpc) is 3.82. The Bertz CT molecular complexity index is 2760. The van der Waals surface area contributed by atoms with Crippen molar-refractivity contribution < 1.29 is 4.42 Å². The second-order valence-corrected chi connectivity index (χ2v) is 13.6. The van der Waals surface area contributed by atoms with Crippen molar-refractivity contribution in [3.05, 3.63) is 210 Å². The SMILES string of the molecule is c1ccc(-c2cccc(N(c3ccc4c(c3)C3(c5ccccc5-c5ccccc53)c3ccccc3-4)c3ccc4c(c3)oc3ccccc34)c2)cc1. The summed E-state index contributed by atoms with van der Waals surface area (Å²) >= 11 is 0. The summed E-state index contributed by atoms with van der Waals surface area (Å²) in [5.41, 5.74) is 17.5. The van der Waals surface area contributed by atoms with Crippen LogP contribution in [0, 0.1) is 0 Å². The van der Waals surface area contributed by atoms with E-state index in [1.165, 1.54) is 55.6 Å². The normalized spacial score (nSPS) is 13.3. The minimum absolute atomic E-state index is 0.421. The monoisotopic (exact) mass is 649 g/mol. The summed E-state index contributed by atoms with van der Waals surface area (Å²) in [6.45, 7) is 0. The van der Waals surface area contributed by atoms with E-state index < -0.39 is 5.41 Å². The van der Waals surface area contributed by atoms with Crippen molar-refractivity contribution in [3.63, 3.8) is 0 Å². The molecule has 0 fully saturated rings. The predicted molar refractivity (Wildman–Crippen MR) is 210 cm³/mol. The molecule has 8 aromatic carbocycles. The number of anilines is 3. The van der Waals surface area contributed by atoms with E-state index in [1.54, 1.807) is 0 Å². The van der Waals surface area contributed by atoms with Crippen molar-refractivity contribution in [2.75, 3.05) is 4.90 Å². The van der Waals surface area contributed by atoms with Crippen LogP contribution in [-0.4, -0.2) is 0 Å². The second kappa shape index (κ2) is 10.7. The highest BCUT2D eigenvalue weighted by atomic mass is 16.3. The van der Waals surface area contributed by atoms with Crippen molar-refractivity contribution >= 4 is 39.0 Å². The molecule has 0 atom stereocenters. The van der Waals surface area contributed by atoms with Crippen LogP contribution >= 0.6 is 0 Å². The zero-order chi connectivity index (χ0) is 33.5. The minimum Gasteiger partial charge on any atom is -0.456 e. The molecule has 1 spiro atoms. The first-order chi connectivity index (χ1) is 25.3. The number of nitrogens with zero attached hydrogens (tertiary/aromatic N) is 1. The molecule has 1 heterocycles. The third-order valence-electron chi connectivity index (χ3n) is 11.1. The molecule has 238 valence electrons. The molecule has 0 saturated carbocycles. The predicted octanol–water partition coefficient (Wildman–Crippen LogP) is 13.1. The molecule has 1 aromatic heterocycles. The van der Waals surface area contributed by atoms with E-state index in [1.807, 2.05) is 12.1 Å². The second-order valence-electron chi connectivity index (χ2n) is 13.6. The topological polar surface area (TPSA) is 16.4 Å². The van der Waals surface area contributed by atoms with E-state index in [4.69, 9.17) is 4.42 Å². The van der Waals surface area contributed by atoms with Crippen molar-refractivity contribution in [3.8, 4) is 33.4 Å². The highest BCUT2D eigenvalue weighted by Crippen LogP contribution is 2.63. The van der Waals surface area contributed by atoms with Gasteiger partial charge in [-0.1, -0.05) is 140 Å². The summed E-state index contributed by atoms with van der Waals surface area (Å²) in [5.74, 6) is 0. The van der Waals surface area contributed by atoms with Gasteiger partial charge in [0.25, 0.3) is 0 Å². The summed E-state index contributed by atoms with van der Waals surface area (Å²) in [4.78, 5) is 2.39. The Kier molecular flexibility index (Phi) is 5.91. The number of hydrogen-bond acceptors (Lipinski definition) is 2. The molecule has 2 heteroatoms. The lowest BCUT2D eigenvalue weighted by molar-refractivity contribution is 0.669. The molecule has 2 nitrogen and oxygen atoms in total. The van der Waals surface area contributed by atoms with E-state index in [9.17, 15) is 0 Å². The van der Waals surface area contributed by atoms with E-state index in [-0.39, 0.29) is 0 Å². The summed E-state index contributed by atoms with van der Waals surface area (Å²) in [6, 6.07) is 68.5. The standard InChI is InChI=1S/C49H31NO/c1-2-13-32(14-3-1)33-15-12-16-34(29-33)50(36-26-28-42-41-20-7-11-24-47(41)51-48(42)31-36)35-25-27-40-39-19-6-10-23-45(39)49(46(40)30-35)43-21-8-4-17-37(43)38-18-5-9-22-44(38)49/h1-31H. The van der Waals surface area contributed by atoms with Crippen molar-refractivity contribution in [1.82, 2.24) is 0 Å². The highest BCUT2D eigenvalue weighted by molar-refractivity contribution is 6.06. The summed E-state index contributed by atoms with van der Waals surface area (Å²) in [6.07, 6.45) is 0. The van der Waals surface area contributed by atoms with E-state index in [2.05, 4.69) is 181 Å². The molecule has 0 amide bonds. The van der Waals surface area contributed by atoms with Gasteiger partial charge in [0.15, 0.2) is 0 Å². The number of hydrogen-bond donors (Lipinski definition) is 0. The maximum atomic E-state index is 6.45. The lowest BCUT2D eigenvalue weighted by Crippen LogP contribution is -2.26. The number of rotatable bonds is 4. The van der Waals surface area contributed by atoms with Gasteiger partial charge in [-0.25, -0.2) is 0 Å². The van der Waals surface area contributed by atoms with Gasteiger partial charge in [0.2, 0.25) is 0 Å². The van der Waals surface area contributed by atoms with Crippen LogP contribution in [0.15, 0.2) is 192 Å². The molecule has 0 N–H and O–H groups in total. The summed E-state index contributed by atoms with van der Waals surface area (Å²) in [5, 5.41) is 2.25. The highest BCUT2D eigenvalue weighted by Gasteiger charge is 2.51. The van der Waals surface area contributed by atoms with Gasteiger partial charge in [-0.05, 0) is 98.1 Å². The fourth-order valence-corrected chi connectivity index (χ4v) is 8.98. The van der Waals surface area contributed by atoms with Gasteiger partial charge >= 0.3 is 0 Å². The van der Waals surface area contributed by atoms with E-state index >= 15 is 0 Å². The Morgan fingerprint density at radius 1 is 0.333 bits per heavy atom. The molecule has 51 heavy (non-hydrogen) atoms. The number of benzene rings is 8. The van der Waals surface area contributed by atoms with Crippen LogP contribution in [0.2, 0.25) is 0 Å². The minimum atomic E-state index is -0.421. The zero-order valence-electron chi connectivity index (χ0n) is 27.8. The van der Waals surface area contributed by atoms with Crippen molar-refractivity contribution in [1.29, 1.82) is 0 Å². The molecule has 2 aliphatic rings. The molecule has 9 aromatic rings. The number of furan rings is 1. The molecule has 0 bridgehead atoms. The molecule has 2 aliphatic carbocycles. The number of para-hydroxylation sites is 1. The average molecular weight is 650 g/mol. The maximum Gasteiger partial charge on any atom is 0.137 e. The largest absolute Gasteiger partial charge is 0.456 e. The first kappa shape index (κ1) is 28.2. The summed E-state index contributed by atoms with van der Waals surface area (Å²) in [7, 11) is 0. The van der Waals surface area contributed by atoms with Gasteiger partial charge in [-0.15, -0.1) is 0 Å². The van der Waals surface area contributed by atoms with Gasteiger partial charge in [0.1, 0.15) is 11.2 Å². The van der Waals surface area contributed by atoms with E-state index in [0.29, 0.717) is 0 Å². The third kappa shape index (κ3) is 3.93. The number of fused-ring (bicyclic) bond motifs is 13. The Balaban J connectivity index is 1.18. The molecule has 0 unspecified atom stereocenters. The van der Waals surface area contributed by atoms with Crippen LogP contribution < -0.4 is 4.90 Å². The Hall–Kier alpha value is -6.64. The first-order valence-electron chi connectivity index (χ1n) is 17.6. The van der Waals surface area contributed by atoms with Crippen molar-refractivity contribution in [2.45, 2.75) is 5.41 Å². The van der Waals surface area contributed by atoms with Crippen LogP contribution in [0.5, 0.6) is 0 Å². The van der Waals surface area contributed by atoms with Gasteiger partial charge < -0.3 is 9.32 Å². The van der Waals surface area contributed by atoms with Gasteiger partial charge in [-0.3, -0.25) is 0 Å². The van der Waals surface area contributed by atoms with E-state index in [0.717, 1.165) is 39.0 Å². The molecular weight excluding hydrogens is 619 g/mol. The summed E-state index contributed by atoms with van der Waals surface area (Å²) < 4.78 is 6.45. The van der Waals surface area contributed by atoms with Crippen LogP contribution in [0.3, 0.4) is 0 Å². The Morgan fingerprint density at radius 3 is 1.59 bits per heavy atom. The fraction of sp³-hybridized carbons (Fsp3) is 0.0204. The van der Waals surface area contributed by atoms with Crippen molar-refractivity contribution in [2.24, 2.45) is 0 Å². The zero-order valence-corrected chi connectivity index (χ0v) is 27.8. The maximum absolute atomic E-state index is 6.45. The van der Waals surface area contributed by atoms with Crippen LogP contribution in [0.25, 0.3) is 55.3 Å². The Labute approximate surface area is 296 Å². The first-order valence-corrected chi connectivity index (χ1v) is 17.6. The van der Waals surface area contributed by atoms with Gasteiger partial charge in [-0.2, -0.15) is 0 Å². The molecule has 0 radical (unpaired) electrons. The lowest BCUT2D eigenvalue weighted by atomic mass is 9.70. The molecule has 11 rings (SSSR count). The smallest absolute Gasteiger partial charge is 0.137 e. The lowest BCUT2D eigenvalue weighted by Gasteiger charge is -2.32. The fourth-order valence-electron chi connectivity index (χ4n) is 8.98. The van der Waals surface area contributed by atoms with Crippen LogP contribution in [0.1, 0.15) is 22.3 Å². The molecule has 0 saturated heterocycles.